The first-order valence-corrected chi connectivity index (χ1v) is 5.53. The molecule has 1 aromatic rings. The lowest BCUT2D eigenvalue weighted by Gasteiger charge is -2.22. The predicted octanol–water partition coefficient (Wildman–Crippen LogP) is 1.50. The Hall–Kier alpha value is -0.900. The minimum absolute atomic E-state index is 0.429. The lowest BCUT2D eigenvalue weighted by molar-refractivity contribution is 0.384. The highest BCUT2D eigenvalue weighted by Crippen LogP contribution is 2.20. The fourth-order valence-corrected chi connectivity index (χ4v) is 2.02. The molecule has 0 saturated carbocycles. The van der Waals surface area contributed by atoms with Gasteiger partial charge in [-0.2, -0.15) is 0 Å². The Bertz CT molecular complexity index is 275. The van der Waals surface area contributed by atoms with Crippen LogP contribution in [0.4, 0.5) is 0 Å². The molecule has 1 fully saturated rings. The van der Waals surface area contributed by atoms with E-state index in [-0.39, 0.29) is 0 Å². The van der Waals surface area contributed by atoms with Gasteiger partial charge in [0.05, 0.1) is 6.04 Å². The third-order valence-corrected chi connectivity index (χ3v) is 2.73. The second kappa shape index (κ2) is 4.55. The molecule has 1 N–H and O–H groups in total. The number of piperidine rings is 1. The van der Waals surface area contributed by atoms with Crippen molar-refractivity contribution in [2.75, 3.05) is 6.54 Å². The molecule has 4 heteroatoms. The van der Waals surface area contributed by atoms with Gasteiger partial charge in [-0.3, -0.25) is 0 Å². The zero-order valence-electron chi connectivity index (χ0n) is 8.74. The van der Waals surface area contributed by atoms with Gasteiger partial charge in [0.25, 0.3) is 0 Å². The van der Waals surface area contributed by atoms with Gasteiger partial charge in [0.2, 0.25) is 0 Å². The van der Waals surface area contributed by atoms with Gasteiger partial charge in [0.15, 0.2) is 0 Å². The molecule has 2 rings (SSSR count). The average Bonchev–Trinajstić information content (AvgIpc) is 2.68. The first-order chi connectivity index (χ1) is 6.92. The Labute approximate surface area is 84.7 Å². The van der Waals surface area contributed by atoms with Gasteiger partial charge in [0.1, 0.15) is 12.2 Å². The quantitative estimate of drug-likeness (QED) is 0.793. The van der Waals surface area contributed by atoms with E-state index in [2.05, 4.69) is 27.0 Å². The summed E-state index contributed by atoms with van der Waals surface area (Å²) in [6.45, 7) is 4.32. The van der Waals surface area contributed by atoms with E-state index in [0.29, 0.717) is 6.04 Å². The molecule has 0 radical (unpaired) electrons. The summed E-state index contributed by atoms with van der Waals surface area (Å²) >= 11 is 0. The number of hydrogen-bond acceptors (Lipinski definition) is 3. The number of nitrogens with zero attached hydrogens (tertiary/aromatic N) is 3. The normalized spacial score (nSPS) is 22.5. The summed E-state index contributed by atoms with van der Waals surface area (Å²) < 4.78 is 2.17. The van der Waals surface area contributed by atoms with Crippen LogP contribution in [0.3, 0.4) is 0 Å². The average molecular weight is 194 g/mol. The predicted molar refractivity (Wildman–Crippen MR) is 54.9 cm³/mol. The molecule has 0 bridgehead atoms. The first-order valence-electron chi connectivity index (χ1n) is 5.53. The lowest BCUT2D eigenvalue weighted by Crippen LogP contribution is -2.29. The van der Waals surface area contributed by atoms with Crippen molar-refractivity contribution in [3.63, 3.8) is 0 Å². The van der Waals surface area contributed by atoms with Crippen LogP contribution in [0.5, 0.6) is 0 Å². The van der Waals surface area contributed by atoms with Gasteiger partial charge in [0, 0.05) is 6.54 Å². The molecule has 0 spiro atoms. The number of rotatable bonds is 3. The zero-order valence-corrected chi connectivity index (χ0v) is 8.74. The summed E-state index contributed by atoms with van der Waals surface area (Å²) in [5.41, 5.74) is 0. The van der Waals surface area contributed by atoms with Crippen molar-refractivity contribution in [3.05, 3.63) is 12.2 Å². The number of aromatic nitrogens is 3. The molecule has 0 amide bonds. The Morgan fingerprint density at radius 3 is 3.21 bits per heavy atom. The van der Waals surface area contributed by atoms with Gasteiger partial charge >= 0.3 is 0 Å². The van der Waals surface area contributed by atoms with Crippen molar-refractivity contribution >= 4 is 0 Å². The third kappa shape index (κ3) is 1.95. The van der Waals surface area contributed by atoms with E-state index in [1.54, 1.807) is 0 Å². The van der Waals surface area contributed by atoms with E-state index in [1.165, 1.54) is 19.3 Å². The van der Waals surface area contributed by atoms with Gasteiger partial charge in [-0.25, -0.2) is 0 Å². The number of hydrogen-bond donors (Lipinski definition) is 1. The number of nitrogens with one attached hydrogen (secondary N) is 1. The Morgan fingerprint density at radius 1 is 1.57 bits per heavy atom. The van der Waals surface area contributed by atoms with Crippen LogP contribution < -0.4 is 5.32 Å². The maximum Gasteiger partial charge on any atom is 0.149 e. The van der Waals surface area contributed by atoms with Crippen molar-refractivity contribution < 1.29 is 0 Å². The van der Waals surface area contributed by atoms with Crippen LogP contribution in [0, 0.1) is 0 Å². The molecule has 2 heterocycles. The van der Waals surface area contributed by atoms with E-state index >= 15 is 0 Å². The summed E-state index contributed by atoms with van der Waals surface area (Å²) in [6.07, 6.45) is 6.77. The number of aryl methyl sites for hydroxylation is 1. The maximum atomic E-state index is 4.21. The molecule has 1 atom stereocenters. The molecular formula is C10H18N4. The minimum atomic E-state index is 0.429. The maximum absolute atomic E-state index is 4.21. The Morgan fingerprint density at radius 2 is 2.50 bits per heavy atom. The van der Waals surface area contributed by atoms with Gasteiger partial charge < -0.3 is 9.88 Å². The molecule has 1 aliphatic rings. The molecular weight excluding hydrogens is 176 g/mol. The van der Waals surface area contributed by atoms with Gasteiger partial charge in [-0.05, 0) is 25.8 Å². The molecule has 14 heavy (non-hydrogen) atoms. The van der Waals surface area contributed by atoms with Crippen LogP contribution in [-0.4, -0.2) is 21.3 Å². The second-order valence-electron chi connectivity index (χ2n) is 3.89. The highest BCUT2D eigenvalue weighted by atomic mass is 15.3. The van der Waals surface area contributed by atoms with E-state index in [0.717, 1.165) is 25.3 Å². The van der Waals surface area contributed by atoms with Gasteiger partial charge in [-0.15, -0.1) is 10.2 Å². The topological polar surface area (TPSA) is 42.7 Å². The van der Waals surface area contributed by atoms with E-state index in [9.17, 15) is 0 Å². The highest BCUT2D eigenvalue weighted by Gasteiger charge is 2.19. The van der Waals surface area contributed by atoms with Crippen LogP contribution in [0.1, 0.15) is 44.5 Å². The third-order valence-electron chi connectivity index (χ3n) is 2.73. The van der Waals surface area contributed by atoms with Crippen molar-refractivity contribution in [2.45, 2.75) is 45.2 Å². The molecule has 78 valence electrons. The van der Waals surface area contributed by atoms with Crippen molar-refractivity contribution in [1.29, 1.82) is 0 Å². The van der Waals surface area contributed by atoms with Crippen LogP contribution in [0.2, 0.25) is 0 Å². The molecule has 1 saturated heterocycles. The van der Waals surface area contributed by atoms with Crippen LogP contribution in [-0.2, 0) is 6.54 Å². The van der Waals surface area contributed by atoms with Crippen LogP contribution in [0.25, 0.3) is 0 Å². The summed E-state index contributed by atoms with van der Waals surface area (Å²) in [5, 5.41) is 11.7. The van der Waals surface area contributed by atoms with E-state index in [4.69, 9.17) is 0 Å². The summed E-state index contributed by atoms with van der Waals surface area (Å²) in [6, 6.07) is 0.429. The summed E-state index contributed by atoms with van der Waals surface area (Å²) in [5.74, 6) is 1.12. The molecule has 4 nitrogen and oxygen atoms in total. The molecule has 0 aromatic carbocycles. The Balaban J connectivity index is 2.09. The van der Waals surface area contributed by atoms with Gasteiger partial charge in [-0.1, -0.05) is 13.3 Å². The lowest BCUT2D eigenvalue weighted by atomic mass is 10.0. The van der Waals surface area contributed by atoms with Crippen molar-refractivity contribution in [2.24, 2.45) is 0 Å². The van der Waals surface area contributed by atoms with Crippen LogP contribution in [0.15, 0.2) is 6.33 Å². The summed E-state index contributed by atoms with van der Waals surface area (Å²) in [7, 11) is 0. The fourth-order valence-electron chi connectivity index (χ4n) is 2.02. The largest absolute Gasteiger partial charge is 0.316 e. The molecule has 0 aliphatic carbocycles. The van der Waals surface area contributed by atoms with E-state index in [1.807, 2.05) is 6.33 Å². The molecule has 1 aromatic heterocycles. The summed E-state index contributed by atoms with van der Waals surface area (Å²) in [4.78, 5) is 0. The smallest absolute Gasteiger partial charge is 0.149 e. The molecule has 1 unspecified atom stereocenters. The SMILES string of the molecule is CCCn1cnnc1C1CCCCN1. The minimum Gasteiger partial charge on any atom is -0.316 e. The van der Waals surface area contributed by atoms with Crippen molar-refractivity contribution in [3.8, 4) is 0 Å². The second-order valence-corrected chi connectivity index (χ2v) is 3.89. The van der Waals surface area contributed by atoms with Crippen molar-refractivity contribution in [1.82, 2.24) is 20.1 Å². The molecule has 1 aliphatic heterocycles. The standard InChI is InChI=1S/C10H18N4/c1-2-7-14-8-12-13-10(14)9-5-3-4-6-11-9/h8-9,11H,2-7H2,1H3. The Kier molecular flexibility index (Phi) is 3.14. The highest BCUT2D eigenvalue weighted by molar-refractivity contribution is 4.96. The fraction of sp³-hybridized carbons (Fsp3) is 0.800. The zero-order chi connectivity index (χ0) is 9.80. The van der Waals surface area contributed by atoms with Crippen LogP contribution >= 0.6 is 0 Å². The first kappa shape index (κ1) is 9.65. The van der Waals surface area contributed by atoms with E-state index < -0.39 is 0 Å². The monoisotopic (exact) mass is 194 g/mol.